The van der Waals surface area contributed by atoms with Crippen molar-refractivity contribution in [3.63, 3.8) is 0 Å². The topological polar surface area (TPSA) is 50.8 Å². The molecule has 6 heteroatoms. The van der Waals surface area contributed by atoms with E-state index in [1.165, 1.54) is 0 Å². The van der Waals surface area contributed by atoms with Crippen LogP contribution in [0.15, 0.2) is 48.5 Å². The number of nitrogens with one attached hydrogen (secondary N) is 1. The summed E-state index contributed by atoms with van der Waals surface area (Å²) in [6.45, 7) is 4.22. The average Bonchev–Trinajstić information content (AvgIpc) is 2.67. The van der Waals surface area contributed by atoms with E-state index in [1.807, 2.05) is 36.1 Å². The highest BCUT2D eigenvalue weighted by molar-refractivity contribution is 6.30. The van der Waals surface area contributed by atoms with Crippen LogP contribution in [0.5, 0.6) is 5.75 Å². The lowest BCUT2D eigenvalue weighted by atomic mass is 9.96. The first-order chi connectivity index (χ1) is 13.1. The Hall–Kier alpha value is -2.08. The minimum absolute atomic E-state index is 0.0301. The van der Waals surface area contributed by atoms with Gasteiger partial charge in [-0.1, -0.05) is 29.3 Å². The van der Waals surface area contributed by atoms with Gasteiger partial charge in [-0.15, -0.1) is 0 Å². The number of ether oxygens (including phenoxy) is 2. The van der Waals surface area contributed by atoms with Crippen molar-refractivity contribution in [2.24, 2.45) is 0 Å². The zero-order valence-electron chi connectivity index (χ0n) is 15.7. The van der Waals surface area contributed by atoms with Crippen LogP contribution in [0.2, 0.25) is 5.02 Å². The SMILES string of the molecule is COCCCNC[C@@H]1[C@@H](Oc2ccc(Cl)cc2)C(=O)N1c1ccc(C)cc1. The van der Waals surface area contributed by atoms with E-state index < -0.39 is 6.10 Å². The summed E-state index contributed by atoms with van der Waals surface area (Å²) in [5, 5.41) is 4.04. The summed E-state index contributed by atoms with van der Waals surface area (Å²) in [5.74, 6) is 0.614. The van der Waals surface area contributed by atoms with Gasteiger partial charge >= 0.3 is 0 Å². The highest BCUT2D eigenvalue weighted by atomic mass is 35.5. The maximum Gasteiger partial charge on any atom is 0.270 e. The van der Waals surface area contributed by atoms with E-state index in [9.17, 15) is 4.79 Å². The number of halogens is 1. The van der Waals surface area contributed by atoms with E-state index in [0.717, 1.165) is 24.2 Å². The molecule has 0 aromatic heterocycles. The Bertz CT molecular complexity index is 749. The first kappa shape index (κ1) is 19.7. The lowest BCUT2D eigenvalue weighted by Crippen LogP contribution is -2.70. The molecule has 3 rings (SSSR count). The number of nitrogens with zero attached hydrogens (tertiary/aromatic N) is 1. The van der Waals surface area contributed by atoms with E-state index in [4.69, 9.17) is 21.1 Å². The van der Waals surface area contributed by atoms with Crippen LogP contribution in [0.3, 0.4) is 0 Å². The maximum absolute atomic E-state index is 12.8. The summed E-state index contributed by atoms with van der Waals surface area (Å²) in [6, 6.07) is 15.0. The molecule has 1 aliphatic heterocycles. The van der Waals surface area contributed by atoms with Gasteiger partial charge in [0, 0.05) is 31.0 Å². The molecule has 2 aromatic rings. The molecule has 1 fully saturated rings. The van der Waals surface area contributed by atoms with Crippen LogP contribution in [-0.4, -0.2) is 44.9 Å². The van der Waals surface area contributed by atoms with Gasteiger partial charge in [0.25, 0.3) is 5.91 Å². The van der Waals surface area contributed by atoms with E-state index >= 15 is 0 Å². The smallest absolute Gasteiger partial charge is 0.270 e. The normalized spacial score (nSPS) is 19.1. The van der Waals surface area contributed by atoms with E-state index in [0.29, 0.717) is 23.9 Å². The number of carbonyl (C=O) groups excluding carboxylic acids is 1. The number of anilines is 1. The quantitative estimate of drug-likeness (QED) is 0.528. The highest BCUT2D eigenvalue weighted by Gasteiger charge is 2.49. The molecule has 1 saturated heterocycles. The number of benzene rings is 2. The van der Waals surface area contributed by atoms with E-state index in [2.05, 4.69) is 5.32 Å². The van der Waals surface area contributed by atoms with Crippen LogP contribution < -0.4 is 15.0 Å². The van der Waals surface area contributed by atoms with Gasteiger partial charge in [-0.2, -0.15) is 0 Å². The fraction of sp³-hybridized carbons (Fsp3) is 0.381. The predicted octanol–water partition coefficient (Wildman–Crippen LogP) is 3.44. The molecule has 0 unspecified atom stereocenters. The number of hydrogen-bond acceptors (Lipinski definition) is 4. The lowest BCUT2D eigenvalue weighted by molar-refractivity contribution is -0.134. The second-order valence-electron chi connectivity index (χ2n) is 6.65. The van der Waals surface area contributed by atoms with Gasteiger partial charge in [-0.3, -0.25) is 4.79 Å². The van der Waals surface area contributed by atoms with Crippen LogP contribution in [0.1, 0.15) is 12.0 Å². The van der Waals surface area contributed by atoms with Crippen molar-refractivity contribution in [1.82, 2.24) is 5.32 Å². The van der Waals surface area contributed by atoms with Crippen LogP contribution in [0.4, 0.5) is 5.69 Å². The molecule has 0 bridgehead atoms. The second-order valence-corrected chi connectivity index (χ2v) is 7.09. The molecule has 0 saturated carbocycles. The van der Waals surface area contributed by atoms with E-state index in [-0.39, 0.29) is 11.9 Å². The third-order valence-corrected chi connectivity index (χ3v) is 4.86. The van der Waals surface area contributed by atoms with Crippen LogP contribution >= 0.6 is 11.6 Å². The zero-order valence-corrected chi connectivity index (χ0v) is 16.4. The Labute approximate surface area is 165 Å². The summed E-state index contributed by atoms with van der Waals surface area (Å²) in [5.41, 5.74) is 2.06. The number of β-lactam (4-membered cyclic amide) rings is 1. The number of hydrogen-bond donors (Lipinski definition) is 1. The molecule has 1 heterocycles. The Morgan fingerprint density at radius 1 is 1.11 bits per heavy atom. The van der Waals surface area contributed by atoms with Crippen LogP contribution in [-0.2, 0) is 9.53 Å². The molecule has 2 aromatic carbocycles. The fourth-order valence-corrected chi connectivity index (χ4v) is 3.25. The maximum atomic E-state index is 12.8. The third-order valence-electron chi connectivity index (χ3n) is 4.61. The summed E-state index contributed by atoms with van der Waals surface area (Å²) in [4.78, 5) is 14.6. The monoisotopic (exact) mass is 388 g/mol. The Morgan fingerprint density at radius 3 is 2.48 bits per heavy atom. The lowest BCUT2D eigenvalue weighted by Gasteiger charge is -2.46. The number of methoxy groups -OCH3 is 1. The number of amides is 1. The van der Waals surface area contributed by atoms with Crippen molar-refractivity contribution in [3.8, 4) is 5.75 Å². The fourth-order valence-electron chi connectivity index (χ4n) is 3.12. The van der Waals surface area contributed by atoms with Crippen LogP contribution in [0.25, 0.3) is 0 Å². The Morgan fingerprint density at radius 2 is 1.81 bits per heavy atom. The highest BCUT2D eigenvalue weighted by Crippen LogP contribution is 2.31. The molecule has 2 atom stereocenters. The summed E-state index contributed by atoms with van der Waals surface area (Å²) < 4.78 is 11.0. The number of aryl methyl sites for hydroxylation is 1. The standard InChI is InChI=1S/C21H25ClN2O3/c1-15-4-8-17(9-5-15)24-19(14-23-12-3-13-26-2)20(21(24)25)27-18-10-6-16(22)7-11-18/h4-11,19-20,23H,3,12-14H2,1-2H3/t19-,20-/m1/s1. The van der Waals surface area contributed by atoms with Crippen molar-refractivity contribution in [2.45, 2.75) is 25.5 Å². The van der Waals surface area contributed by atoms with Crippen molar-refractivity contribution in [3.05, 3.63) is 59.1 Å². The van der Waals surface area contributed by atoms with Gasteiger partial charge in [-0.25, -0.2) is 0 Å². The Kier molecular flexibility index (Phi) is 6.72. The van der Waals surface area contributed by atoms with Gasteiger partial charge in [0.05, 0.1) is 6.04 Å². The van der Waals surface area contributed by atoms with Crippen LogP contribution in [0, 0.1) is 6.92 Å². The van der Waals surface area contributed by atoms with Crippen molar-refractivity contribution < 1.29 is 14.3 Å². The summed E-state index contributed by atoms with van der Waals surface area (Å²) >= 11 is 5.93. The first-order valence-corrected chi connectivity index (χ1v) is 9.49. The molecule has 1 amide bonds. The average molecular weight is 389 g/mol. The Balaban J connectivity index is 1.70. The molecule has 0 spiro atoms. The molecular weight excluding hydrogens is 364 g/mol. The molecule has 0 aliphatic carbocycles. The van der Waals surface area contributed by atoms with E-state index in [1.54, 1.807) is 31.4 Å². The predicted molar refractivity (Wildman–Crippen MR) is 108 cm³/mol. The molecule has 1 N–H and O–H groups in total. The van der Waals surface area contributed by atoms with Gasteiger partial charge in [-0.05, 0) is 56.3 Å². The van der Waals surface area contributed by atoms with Gasteiger partial charge < -0.3 is 19.7 Å². The molecule has 0 radical (unpaired) electrons. The van der Waals surface area contributed by atoms with Gasteiger partial charge in [0.1, 0.15) is 5.75 Å². The minimum Gasteiger partial charge on any atom is -0.478 e. The number of rotatable bonds is 9. The molecule has 5 nitrogen and oxygen atoms in total. The van der Waals surface area contributed by atoms with Gasteiger partial charge in [0.2, 0.25) is 0 Å². The number of carbonyl (C=O) groups is 1. The van der Waals surface area contributed by atoms with Gasteiger partial charge in [0.15, 0.2) is 6.10 Å². The van der Waals surface area contributed by atoms with Crippen molar-refractivity contribution >= 4 is 23.2 Å². The third kappa shape index (κ3) is 4.80. The zero-order chi connectivity index (χ0) is 19.2. The second kappa shape index (κ2) is 9.22. The summed E-state index contributed by atoms with van der Waals surface area (Å²) in [7, 11) is 1.69. The first-order valence-electron chi connectivity index (χ1n) is 9.12. The van der Waals surface area contributed by atoms with Crippen molar-refractivity contribution in [2.75, 3.05) is 31.7 Å². The molecule has 1 aliphatic rings. The molecule has 144 valence electrons. The van der Waals surface area contributed by atoms with Crippen molar-refractivity contribution in [1.29, 1.82) is 0 Å². The molecular formula is C21H25ClN2O3. The molecule has 27 heavy (non-hydrogen) atoms. The summed E-state index contributed by atoms with van der Waals surface area (Å²) in [6.07, 6.45) is 0.409. The largest absolute Gasteiger partial charge is 0.478 e. The minimum atomic E-state index is -0.512.